The summed E-state index contributed by atoms with van der Waals surface area (Å²) in [7, 11) is 0. The van der Waals surface area contributed by atoms with Crippen LogP contribution in [0.3, 0.4) is 0 Å². The van der Waals surface area contributed by atoms with E-state index in [9.17, 15) is 15.0 Å². The maximum Gasteiger partial charge on any atom is 0.325 e. The number of benzene rings is 1. The summed E-state index contributed by atoms with van der Waals surface area (Å²) in [6.07, 6.45) is 4.51. The zero-order valence-electron chi connectivity index (χ0n) is 20.7. The number of carboxylic acids is 1. The number of hydrogen-bond acceptors (Lipinski definition) is 6. The minimum Gasteiger partial charge on any atom is -0.480 e. The average Bonchev–Trinajstić information content (AvgIpc) is 3.64. The smallest absolute Gasteiger partial charge is 0.325 e. The molecule has 5 nitrogen and oxygen atoms in total. The molecule has 4 heterocycles. The van der Waals surface area contributed by atoms with Gasteiger partial charge in [-0.15, -0.1) is 0 Å². The van der Waals surface area contributed by atoms with E-state index in [1.54, 1.807) is 22.7 Å². The van der Waals surface area contributed by atoms with Crippen molar-refractivity contribution in [2.75, 3.05) is 32.7 Å². The molecule has 1 aromatic carbocycles. The van der Waals surface area contributed by atoms with Gasteiger partial charge >= 0.3 is 5.97 Å². The van der Waals surface area contributed by atoms with Crippen molar-refractivity contribution in [3.63, 3.8) is 0 Å². The number of carboxylic acid groups (broad SMARTS) is 1. The Bertz CT molecular complexity index is 1080. The predicted molar refractivity (Wildman–Crippen MR) is 147 cm³/mol. The van der Waals surface area contributed by atoms with Crippen LogP contribution >= 0.6 is 22.7 Å². The molecule has 0 radical (unpaired) electrons. The van der Waals surface area contributed by atoms with Gasteiger partial charge in [-0.3, -0.25) is 9.69 Å². The molecule has 0 saturated carbocycles. The Balaban J connectivity index is 1.19. The van der Waals surface area contributed by atoms with Gasteiger partial charge < -0.3 is 15.1 Å². The number of likely N-dealkylation sites (tertiary alicyclic amines) is 2. The number of rotatable bonds is 10. The summed E-state index contributed by atoms with van der Waals surface area (Å²) in [5.74, 6) is -0.0514. The second-order valence-electron chi connectivity index (χ2n) is 10.5. The topological polar surface area (TPSA) is 64.0 Å². The van der Waals surface area contributed by atoms with Crippen molar-refractivity contribution in [3.8, 4) is 0 Å². The number of thiophene rings is 2. The molecule has 0 amide bonds. The quantitative estimate of drug-likeness (QED) is 0.367. The lowest BCUT2D eigenvalue weighted by molar-refractivity contribution is -0.143. The van der Waals surface area contributed by atoms with Crippen LogP contribution in [0, 0.1) is 5.92 Å². The van der Waals surface area contributed by atoms with Gasteiger partial charge in [-0.25, -0.2) is 0 Å². The Morgan fingerprint density at radius 2 is 1.78 bits per heavy atom. The van der Waals surface area contributed by atoms with Gasteiger partial charge in [0.1, 0.15) is 6.04 Å². The predicted octanol–water partition coefficient (Wildman–Crippen LogP) is 5.50. The van der Waals surface area contributed by atoms with Crippen molar-refractivity contribution in [1.29, 1.82) is 0 Å². The van der Waals surface area contributed by atoms with Crippen molar-refractivity contribution in [2.24, 2.45) is 5.92 Å². The van der Waals surface area contributed by atoms with E-state index in [0.29, 0.717) is 11.8 Å². The molecular weight excluding hydrogens is 488 g/mol. The monoisotopic (exact) mass is 524 g/mol. The highest BCUT2D eigenvalue weighted by atomic mass is 32.1. The molecule has 36 heavy (non-hydrogen) atoms. The van der Waals surface area contributed by atoms with Crippen molar-refractivity contribution >= 4 is 28.6 Å². The fourth-order valence-corrected chi connectivity index (χ4v) is 7.51. The van der Waals surface area contributed by atoms with Crippen LogP contribution in [0.4, 0.5) is 0 Å². The third kappa shape index (κ3) is 6.09. The van der Waals surface area contributed by atoms with Gasteiger partial charge in [0.25, 0.3) is 0 Å². The Morgan fingerprint density at radius 3 is 2.44 bits per heavy atom. The molecular formula is C29H36N2O3S2. The Hall–Kier alpha value is -2.03. The molecule has 3 aromatic rings. The van der Waals surface area contributed by atoms with Crippen LogP contribution in [0.25, 0.3) is 0 Å². The van der Waals surface area contributed by atoms with Crippen LogP contribution in [0.15, 0.2) is 64.0 Å². The summed E-state index contributed by atoms with van der Waals surface area (Å²) in [6, 6.07) is 14.1. The van der Waals surface area contributed by atoms with Gasteiger partial charge in [-0.1, -0.05) is 30.3 Å². The Labute approximate surface area is 222 Å². The number of aryl methyl sites for hydroxylation is 1. The highest BCUT2D eigenvalue weighted by molar-refractivity contribution is 7.08. The summed E-state index contributed by atoms with van der Waals surface area (Å²) < 4.78 is 0. The highest BCUT2D eigenvalue weighted by Gasteiger charge is 2.42. The fourth-order valence-electron chi connectivity index (χ4n) is 6.10. The number of aliphatic hydroxyl groups is 1. The minimum atomic E-state index is -0.767. The van der Waals surface area contributed by atoms with Crippen LogP contribution < -0.4 is 0 Å². The van der Waals surface area contributed by atoms with Crippen molar-refractivity contribution in [1.82, 2.24) is 9.80 Å². The van der Waals surface area contributed by atoms with Gasteiger partial charge in [-0.05, 0) is 88.4 Å². The first-order chi connectivity index (χ1) is 17.5. The molecule has 192 valence electrons. The first kappa shape index (κ1) is 25.6. The third-order valence-electron chi connectivity index (χ3n) is 8.13. The number of piperidine rings is 1. The highest BCUT2D eigenvalue weighted by Crippen LogP contribution is 2.39. The normalized spacial score (nSPS) is 23.6. The summed E-state index contributed by atoms with van der Waals surface area (Å²) >= 11 is 3.27. The zero-order chi connectivity index (χ0) is 25.0. The minimum absolute atomic E-state index is 0.336. The van der Waals surface area contributed by atoms with Gasteiger partial charge in [0.2, 0.25) is 0 Å². The maximum atomic E-state index is 12.2. The Kier molecular flexibility index (Phi) is 8.23. The van der Waals surface area contributed by atoms with Gasteiger partial charge in [0, 0.05) is 38.6 Å². The van der Waals surface area contributed by atoms with Crippen LogP contribution in [-0.4, -0.2) is 64.3 Å². The molecule has 2 aliphatic heterocycles. The van der Waals surface area contributed by atoms with Crippen molar-refractivity contribution in [3.05, 3.63) is 80.7 Å². The fraction of sp³-hybridized carbons (Fsp3) is 0.483. The summed E-state index contributed by atoms with van der Waals surface area (Å²) in [4.78, 5) is 16.9. The van der Waals surface area contributed by atoms with Crippen LogP contribution in [0.5, 0.6) is 0 Å². The number of carbonyl (C=O) groups is 1. The lowest BCUT2D eigenvalue weighted by Gasteiger charge is -2.40. The molecule has 2 fully saturated rings. The maximum absolute atomic E-state index is 12.2. The average molecular weight is 525 g/mol. The van der Waals surface area contributed by atoms with E-state index in [0.717, 1.165) is 70.4 Å². The number of nitrogens with zero attached hydrogens (tertiary/aromatic N) is 2. The molecule has 3 unspecified atom stereocenters. The summed E-state index contributed by atoms with van der Waals surface area (Å²) in [6.45, 7) is 4.31. The molecule has 2 saturated heterocycles. The Morgan fingerprint density at radius 1 is 1.03 bits per heavy atom. The van der Waals surface area contributed by atoms with E-state index >= 15 is 0 Å². The molecule has 0 aliphatic carbocycles. The molecule has 2 N–H and O–H groups in total. The van der Waals surface area contributed by atoms with Gasteiger partial charge in [-0.2, -0.15) is 22.7 Å². The summed E-state index contributed by atoms with van der Waals surface area (Å²) in [5, 5.41) is 29.6. The first-order valence-electron chi connectivity index (χ1n) is 13.0. The molecule has 2 aromatic heterocycles. The van der Waals surface area contributed by atoms with Gasteiger partial charge in [0.05, 0.1) is 5.60 Å². The van der Waals surface area contributed by atoms with E-state index < -0.39 is 17.6 Å². The van der Waals surface area contributed by atoms with E-state index in [4.69, 9.17) is 0 Å². The SMILES string of the molecule is O=C(O)C(c1ccsc1)N1CC(CN2CCC(O)(CCCc3ccccc3)CC2)C(c2ccsc2)C1. The molecule has 2 aliphatic rings. The molecule has 0 spiro atoms. The number of hydrogen-bond donors (Lipinski definition) is 2. The van der Waals surface area contributed by atoms with E-state index in [1.165, 1.54) is 11.1 Å². The lowest BCUT2D eigenvalue weighted by atomic mass is 9.84. The second-order valence-corrected chi connectivity index (χ2v) is 12.1. The lowest BCUT2D eigenvalue weighted by Crippen LogP contribution is -2.46. The van der Waals surface area contributed by atoms with Crippen LogP contribution in [-0.2, 0) is 11.2 Å². The molecule has 5 rings (SSSR count). The third-order valence-corrected chi connectivity index (χ3v) is 9.53. The summed E-state index contributed by atoms with van der Waals surface area (Å²) in [5.41, 5.74) is 2.99. The van der Waals surface area contributed by atoms with E-state index in [-0.39, 0.29) is 0 Å². The van der Waals surface area contributed by atoms with E-state index in [2.05, 4.69) is 50.9 Å². The van der Waals surface area contributed by atoms with Crippen molar-refractivity contribution in [2.45, 2.75) is 49.7 Å². The molecule has 0 bridgehead atoms. The molecule has 7 heteroatoms. The van der Waals surface area contributed by atoms with Crippen LogP contribution in [0.2, 0.25) is 0 Å². The van der Waals surface area contributed by atoms with Crippen LogP contribution in [0.1, 0.15) is 54.3 Å². The standard InChI is InChI=1S/C29H36N2O3S2/c32-28(33)27(24-9-16-36-21-24)31-18-25(26(19-31)23-8-15-35-20-23)17-30-13-11-29(34,12-14-30)10-4-7-22-5-2-1-3-6-22/h1-3,5-6,8-9,15-16,20-21,25-27,34H,4,7,10-14,17-19H2,(H,32,33). The van der Waals surface area contributed by atoms with Gasteiger partial charge in [0.15, 0.2) is 0 Å². The van der Waals surface area contributed by atoms with Crippen molar-refractivity contribution < 1.29 is 15.0 Å². The zero-order valence-corrected chi connectivity index (χ0v) is 22.3. The first-order valence-corrected chi connectivity index (χ1v) is 14.9. The largest absolute Gasteiger partial charge is 0.480 e. The number of aliphatic carboxylic acids is 1. The molecule has 3 atom stereocenters. The van der Waals surface area contributed by atoms with E-state index in [1.807, 2.05) is 22.9 Å². The second kappa shape index (κ2) is 11.6.